The quantitative estimate of drug-likeness (QED) is 0.593. The van der Waals surface area contributed by atoms with Gasteiger partial charge in [-0.25, -0.2) is 0 Å². The normalized spacial score (nSPS) is 12.7. The van der Waals surface area contributed by atoms with Gasteiger partial charge in [-0.3, -0.25) is 4.79 Å². The van der Waals surface area contributed by atoms with Crippen molar-refractivity contribution < 1.29 is 4.79 Å². The maximum absolute atomic E-state index is 11.9. The lowest BCUT2D eigenvalue weighted by Gasteiger charge is -2.14. The van der Waals surface area contributed by atoms with E-state index in [4.69, 9.17) is 11.6 Å². The zero-order chi connectivity index (χ0) is 11.7. The highest BCUT2D eigenvalue weighted by Crippen LogP contribution is 2.25. The number of Topliss-reactive ketones (excluding diaryl/α,β-unsaturated/α-hetero) is 1. The number of hydrogen-bond donors (Lipinski definition) is 0. The Balaban J connectivity index is 3.46. The second-order valence-electron chi connectivity index (χ2n) is 3.80. The van der Waals surface area contributed by atoms with Crippen LogP contribution in [0.1, 0.15) is 32.6 Å². The molecule has 0 aromatic heterocycles. The van der Waals surface area contributed by atoms with Crippen molar-refractivity contribution in [1.29, 1.82) is 0 Å². The molecule has 1 aromatic rings. The summed E-state index contributed by atoms with van der Waals surface area (Å²) in [6, 6.07) is 2.10. The monoisotopic (exact) mass is 288 g/mol. The molecule has 0 bridgehead atoms. The zero-order valence-electron chi connectivity index (χ0n) is 9.32. The zero-order valence-corrected chi connectivity index (χ0v) is 11.7. The Morgan fingerprint density at radius 1 is 1.20 bits per heavy atom. The topological polar surface area (TPSA) is 17.1 Å². The summed E-state index contributed by atoms with van der Waals surface area (Å²) in [5.74, 6) is -0.0570. The van der Waals surface area contributed by atoms with Gasteiger partial charge in [0.2, 0.25) is 0 Å². The molecule has 0 radical (unpaired) electrons. The lowest BCUT2D eigenvalue weighted by atomic mass is 9.92. The van der Waals surface area contributed by atoms with Crippen molar-refractivity contribution in [3.05, 3.63) is 33.9 Å². The summed E-state index contributed by atoms with van der Waals surface area (Å²) in [5.41, 5.74) is 5.06. The molecular formula is C12H14BrClO. The van der Waals surface area contributed by atoms with Crippen molar-refractivity contribution in [2.75, 3.05) is 0 Å². The number of ketones is 1. The average Bonchev–Trinajstić information content (AvgIpc) is 2.15. The van der Waals surface area contributed by atoms with Crippen LogP contribution >= 0.6 is 27.5 Å². The molecule has 1 rings (SSSR count). The van der Waals surface area contributed by atoms with Gasteiger partial charge < -0.3 is 0 Å². The second kappa shape index (κ2) is 4.67. The molecule has 0 spiro atoms. The number of alkyl halides is 2. The predicted molar refractivity (Wildman–Crippen MR) is 68.3 cm³/mol. The van der Waals surface area contributed by atoms with Crippen LogP contribution < -0.4 is 0 Å². The average molecular weight is 290 g/mol. The SMILES string of the molecule is Cc1cc(C)c(C)c(C(=O)C(Cl)Br)c1C. The molecule has 0 aliphatic carbocycles. The van der Waals surface area contributed by atoms with Gasteiger partial charge in [0, 0.05) is 5.56 Å². The molecule has 0 heterocycles. The summed E-state index contributed by atoms with van der Waals surface area (Å²) in [7, 11) is 0. The van der Waals surface area contributed by atoms with Crippen molar-refractivity contribution in [3.63, 3.8) is 0 Å². The van der Waals surface area contributed by atoms with Crippen LogP contribution in [-0.2, 0) is 0 Å². The maximum atomic E-state index is 11.9. The van der Waals surface area contributed by atoms with Crippen LogP contribution in [0.15, 0.2) is 6.07 Å². The van der Waals surface area contributed by atoms with Gasteiger partial charge in [0.05, 0.1) is 0 Å². The van der Waals surface area contributed by atoms with E-state index in [9.17, 15) is 4.79 Å². The van der Waals surface area contributed by atoms with Crippen LogP contribution in [0.4, 0.5) is 0 Å². The van der Waals surface area contributed by atoms with Gasteiger partial charge in [-0.05, 0) is 49.9 Å². The molecule has 0 saturated carbocycles. The highest BCUT2D eigenvalue weighted by Gasteiger charge is 2.20. The molecule has 1 unspecified atom stereocenters. The van der Waals surface area contributed by atoms with Gasteiger partial charge in [0.25, 0.3) is 0 Å². The van der Waals surface area contributed by atoms with E-state index in [0.29, 0.717) is 0 Å². The molecule has 1 nitrogen and oxygen atoms in total. The first-order valence-electron chi connectivity index (χ1n) is 4.76. The summed E-state index contributed by atoms with van der Waals surface area (Å²) < 4.78 is -0.643. The Morgan fingerprint density at radius 2 is 1.60 bits per heavy atom. The van der Waals surface area contributed by atoms with Crippen LogP contribution in [0.3, 0.4) is 0 Å². The van der Waals surface area contributed by atoms with E-state index in [1.807, 2.05) is 27.7 Å². The van der Waals surface area contributed by atoms with Gasteiger partial charge >= 0.3 is 0 Å². The highest BCUT2D eigenvalue weighted by atomic mass is 79.9. The molecule has 0 saturated heterocycles. The lowest BCUT2D eigenvalue weighted by molar-refractivity contribution is 0.101. The van der Waals surface area contributed by atoms with E-state index >= 15 is 0 Å². The first kappa shape index (κ1) is 12.7. The summed E-state index contributed by atoms with van der Waals surface area (Å²) in [6.07, 6.45) is 0. The molecule has 0 N–H and O–H groups in total. The van der Waals surface area contributed by atoms with E-state index in [0.717, 1.165) is 27.8 Å². The first-order valence-corrected chi connectivity index (χ1v) is 6.11. The highest BCUT2D eigenvalue weighted by molar-refractivity contribution is 9.10. The fourth-order valence-corrected chi connectivity index (χ4v) is 2.03. The van der Waals surface area contributed by atoms with E-state index in [-0.39, 0.29) is 5.78 Å². The fraction of sp³-hybridized carbons (Fsp3) is 0.417. The Labute approximate surface area is 104 Å². The molecule has 1 atom stereocenters. The van der Waals surface area contributed by atoms with Crippen molar-refractivity contribution in [3.8, 4) is 0 Å². The Bertz CT molecular complexity index is 384. The third-order valence-electron chi connectivity index (χ3n) is 2.81. The number of benzene rings is 1. The van der Waals surface area contributed by atoms with Crippen molar-refractivity contribution in [1.82, 2.24) is 0 Å². The molecule has 0 aliphatic rings. The smallest absolute Gasteiger partial charge is 0.191 e. The molecule has 0 amide bonds. The molecule has 82 valence electrons. The van der Waals surface area contributed by atoms with Crippen molar-refractivity contribution in [2.24, 2.45) is 0 Å². The minimum Gasteiger partial charge on any atom is -0.291 e. The largest absolute Gasteiger partial charge is 0.291 e. The number of carbonyl (C=O) groups is 1. The number of rotatable bonds is 2. The van der Waals surface area contributed by atoms with Crippen LogP contribution in [0, 0.1) is 27.7 Å². The minimum atomic E-state index is -0.643. The fourth-order valence-electron chi connectivity index (χ4n) is 1.70. The number of hydrogen-bond acceptors (Lipinski definition) is 1. The van der Waals surface area contributed by atoms with Crippen LogP contribution in [0.25, 0.3) is 0 Å². The van der Waals surface area contributed by atoms with Gasteiger partial charge in [-0.1, -0.05) is 22.0 Å². The summed E-state index contributed by atoms with van der Waals surface area (Å²) in [4.78, 5) is 11.9. The number of halogens is 2. The maximum Gasteiger partial charge on any atom is 0.191 e. The molecule has 15 heavy (non-hydrogen) atoms. The molecule has 0 fully saturated rings. The predicted octanol–water partition coefficient (Wildman–Crippen LogP) is 4.06. The molecular weight excluding hydrogens is 275 g/mol. The van der Waals surface area contributed by atoms with Gasteiger partial charge in [0.15, 0.2) is 10.1 Å². The Hall–Kier alpha value is -0.340. The number of aryl methyl sites for hydroxylation is 2. The Kier molecular flexibility index (Phi) is 3.96. The van der Waals surface area contributed by atoms with E-state index < -0.39 is 4.29 Å². The van der Waals surface area contributed by atoms with Crippen LogP contribution in [-0.4, -0.2) is 10.1 Å². The summed E-state index contributed by atoms with van der Waals surface area (Å²) >= 11 is 8.89. The second-order valence-corrected chi connectivity index (χ2v) is 5.68. The van der Waals surface area contributed by atoms with Gasteiger partial charge in [0.1, 0.15) is 0 Å². The van der Waals surface area contributed by atoms with E-state index in [2.05, 4.69) is 22.0 Å². The number of carbonyl (C=O) groups excluding carboxylic acids is 1. The third kappa shape index (κ3) is 2.43. The van der Waals surface area contributed by atoms with Crippen molar-refractivity contribution in [2.45, 2.75) is 32.0 Å². The van der Waals surface area contributed by atoms with Crippen LogP contribution in [0.2, 0.25) is 0 Å². The molecule has 1 aromatic carbocycles. The third-order valence-corrected chi connectivity index (χ3v) is 3.42. The molecule has 3 heteroatoms. The summed E-state index contributed by atoms with van der Waals surface area (Å²) in [6.45, 7) is 7.94. The van der Waals surface area contributed by atoms with E-state index in [1.54, 1.807) is 0 Å². The van der Waals surface area contributed by atoms with Crippen LogP contribution in [0.5, 0.6) is 0 Å². The van der Waals surface area contributed by atoms with E-state index in [1.165, 1.54) is 0 Å². The molecule has 0 aliphatic heterocycles. The minimum absolute atomic E-state index is 0.0570. The van der Waals surface area contributed by atoms with Gasteiger partial charge in [-0.15, -0.1) is 11.6 Å². The standard InChI is InChI=1S/C12H14BrClO/c1-6-5-7(2)9(4)10(8(6)3)11(15)12(13)14/h5,12H,1-4H3. The Morgan fingerprint density at radius 3 is 1.93 bits per heavy atom. The summed E-state index contributed by atoms with van der Waals surface area (Å²) in [5, 5.41) is 0. The lowest BCUT2D eigenvalue weighted by Crippen LogP contribution is -2.13. The van der Waals surface area contributed by atoms with Crippen molar-refractivity contribution >= 4 is 33.3 Å². The first-order chi connectivity index (χ1) is 6.86. The van der Waals surface area contributed by atoms with Gasteiger partial charge in [-0.2, -0.15) is 0 Å².